The molecule has 3 nitrogen and oxygen atoms in total. The van der Waals surface area contributed by atoms with Gasteiger partial charge in [-0.2, -0.15) is 0 Å². The van der Waals surface area contributed by atoms with Crippen LogP contribution in [0.2, 0.25) is 0 Å². The molecule has 106 valence electrons. The van der Waals surface area contributed by atoms with Gasteiger partial charge in [0.2, 0.25) is 5.91 Å². The second kappa shape index (κ2) is 7.13. The van der Waals surface area contributed by atoms with Crippen LogP contribution in [0.3, 0.4) is 0 Å². The van der Waals surface area contributed by atoms with E-state index in [2.05, 4.69) is 32.6 Å². The van der Waals surface area contributed by atoms with Crippen LogP contribution in [0.25, 0.3) is 0 Å². The van der Waals surface area contributed by atoms with Crippen LogP contribution in [0.15, 0.2) is 0 Å². The van der Waals surface area contributed by atoms with Crippen molar-refractivity contribution in [3.63, 3.8) is 0 Å². The van der Waals surface area contributed by atoms with Gasteiger partial charge in [0.05, 0.1) is 6.04 Å². The second-order valence-corrected chi connectivity index (χ2v) is 6.23. The molecule has 0 spiro atoms. The molecule has 1 fully saturated rings. The SMILES string of the molecule is CC[C@H](C)[C@H](N)C(=O)N(CC(C)C)C1CCCC1. The van der Waals surface area contributed by atoms with Gasteiger partial charge >= 0.3 is 0 Å². The third kappa shape index (κ3) is 3.98. The molecule has 0 radical (unpaired) electrons. The van der Waals surface area contributed by atoms with Crippen LogP contribution in [0.5, 0.6) is 0 Å². The molecule has 0 aromatic rings. The van der Waals surface area contributed by atoms with Crippen molar-refractivity contribution in [2.24, 2.45) is 17.6 Å². The van der Waals surface area contributed by atoms with Gasteiger partial charge in [0.1, 0.15) is 0 Å². The van der Waals surface area contributed by atoms with E-state index in [1.165, 1.54) is 12.8 Å². The third-order valence-electron chi connectivity index (χ3n) is 4.15. The van der Waals surface area contributed by atoms with E-state index in [0.29, 0.717) is 12.0 Å². The molecule has 18 heavy (non-hydrogen) atoms. The van der Waals surface area contributed by atoms with Gasteiger partial charge in [-0.3, -0.25) is 4.79 Å². The Kier molecular flexibility index (Phi) is 6.13. The van der Waals surface area contributed by atoms with Crippen molar-refractivity contribution in [3.8, 4) is 0 Å². The van der Waals surface area contributed by atoms with Crippen molar-refractivity contribution in [2.75, 3.05) is 6.54 Å². The highest BCUT2D eigenvalue weighted by Gasteiger charge is 2.31. The molecule has 0 aromatic heterocycles. The summed E-state index contributed by atoms with van der Waals surface area (Å²) in [5.74, 6) is 0.956. The van der Waals surface area contributed by atoms with Gasteiger partial charge in [-0.25, -0.2) is 0 Å². The minimum absolute atomic E-state index is 0.171. The summed E-state index contributed by atoms with van der Waals surface area (Å²) in [6.45, 7) is 9.37. The first kappa shape index (κ1) is 15.5. The van der Waals surface area contributed by atoms with E-state index in [1.807, 2.05) is 0 Å². The lowest BCUT2D eigenvalue weighted by Crippen LogP contribution is -2.51. The summed E-state index contributed by atoms with van der Waals surface area (Å²) < 4.78 is 0. The van der Waals surface area contributed by atoms with Crippen LogP contribution in [-0.2, 0) is 4.79 Å². The maximum Gasteiger partial charge on any atom is 0.240 e. The number of hydrogen-bond acceptors (Lipinski definition) is 2. The van der Waals surface area contributed by atoms with E-state index >= 15 is 0 Å². The van der Waals surface area contributed by atoms with Gasteiger partial charge in [0.15, 0.2) is 0 Å². The Morgan fingerprint density at radius 3 is 2.28 bits per heavy atom. The summed E-state index contributed by atoms with van der Waals surface area (Å²) in [7, 11) is 0. The lowest BCUT2D eigenvalue weighted by Gasteiger charge is -2.34. The Morgan fingerprint density at radius 1 is 1.28 bits per heavy atom. The lowest BCUT2D eigenvalue weighted by molar-refractivity contribution is -0.136. The van der Waals surface area contributed by atoms with E-state index in [4.69, 9.17) is 5.73 Å². The molecule has 1 aliphatic carbocycles. The smallest absolute Gasteiger partial charge is 0.240 e. The first-order chi connectivity index (χ1) is 8.47. The summed E-state index contributed by atoms with van der Waals surface area (Å²) in [4.78, 5) is 14.6. The van der Waals surface area contributed by atoms with Crippen LogP contribution >= 0.6 is 0 Å². The summed E-state index contributed by atoms with van der Waals surface area (Å²) >= 11 is 0. The quantitative estimate of drug-likeness (QED) is 0.792. The molecule has 3 heteroatoms. The molecule has 0 bridgehead atoms. The van der Waals surface area contributed by atoms with Crippen LogP contribution in [0, 0.1) is 11.8 Å². The Bertz CT molecular complexity index is 259. The van der Waals surface area contributed by atoms with E-state index in [-0.39, 0.29) is 17.9 Å². The fourth-order valence-electron chi connectivity index (χ4n) is 2.72. The van der Waals surface area contributed by atoms with Crippen molar-refractivity contribution < 1.29 is 4.79 Å². The average molecular weight is 254 g/mol. The number of nitrogens with zero attached hydrogens (tertiary/aromatic N) is 1. The molecule has 2 N–H and O–H groups in total. The van der Waals surface area contributed by atoms with E-state index in [1.54, 1.807) is 0 Å². The highest BCUT2D eigenvalue weighted by molar-refractivity contribution is 5.82. The van der Waals surface area contributed by atoms with Crippen LogP contribution in [0.4, 0.5) is 0 Å². The molecule has 0 heterocycles. The van der Waals surface area contributed by atoms with Crippen LogP contribution in [-0.4, -0.2) is 29.4 Å². The Balaban J connectivity index is 2.71. The predicted octanol–water partition coefficient (Wildman–Crippen LogP) is 2.79. The Hall–Kier alpha value is -0.570. The third-order valence-corrected chi connectivity index (χ3v) is 4.15. The normalized spacial score (nSPS) is 20.1. The monoisotopic (exact) mass is 254 g/mol. The lowest BCUT2D eigenvalue weighted by atomic mass is 9.97. The van der Waals surface area contributed by atoms with Crippen LogP contribution < -0.4 is 5.73 Å². The predicted molar refractivity (Wildman–Crippen MR) is 76.2 cm³/mol. The van der Waals surface area contributed by atoms with Crippen molar-refractivity contribution in [3.05, 3.63) is 0 Å². The number of hydrogen-bond donors (Lipinski definition) is 1. The number of amides is 1. The highest BCUT2D eigenvalue weighted by atomic mass is 16.2. The fourth-order valence-corrected chi connectivity index (χ4v) is 2.72. The molecule has 0 saturated heterocycles. The summed E-state index contributed by atoms with van der Waals surface area (Å²) in [5, 5.41) is 0. The summed E-state index contributed by atoms with van der Waals surface area (Å²) in [5.41, 5.74) is 6.12. The number of rotatable bonds is 6. The first-order valence-corrected chi connectivity index (χ1v) is 7.53. The molecule has 1 amide bonds. The zero-order valence-corrected chi connectivity index (χ0v) is 12.5. The topological polar surface area (TPSA) is 46.3 Å². The summed E-state index contributed by atoms with van der Waals surface area (Å²) in [6, 6.07) is 0.115. The summed E-state index contributed by atoms with van der Waals surface area (Å²) in [6.07, 6.45) is 5.79. The molecular weight excluding hydrogens is 224 g/mol. The molecule has 2 atom stereocenters. The van der Waals surface area contributed by atoms with E-state index in [0.717, 1.165) is 25.8 Å². The van der Waals surface area contributed by atoms with Gasteiger partial charge in [0, 0.05) is 12.6 Å². The average Bonchev–Trinajstić information content (AvgIpc) is 2.86. The maximum absolute atomic E-state index is 12.6. The molecule has 1 aliphatic rings. The van der Waals surface area contributed by atoms with Gasteiger partial charge in [-0.1, -0.05) is 47.0 Å². The van der Waals surface area contributed by atoms with Crippen molar-refractivity contribution in [1.82, 2.24) is 4.90 Å². The highest BCUT2D eigenvalue weighted by Crippen LogP contribution is 2.25. The maximum atomic E-state index is 12.6. The van der Waals surface area contributed by atoms with Gasteiger partial charge in [0.25, 0.3) is 0 Å². The van der Waals surface area contributed by atoms with E-state index in [9.17, 15) is 4.79 Å². The zero-order valence-electron chi connectivity index (χ0n) is 12.5. The molecule has 0 aliphatic heterocycles. The standard InChI is InChI=1S/C15H30N2O/c1-5-12(4)14(16)15(18)17(10-11(2)3)13-8-6-7-9-13/h11-14H,5-10,16H2,1-4H3/t12-,14-/m0/s1. The van der Waals surface area contributed by atoms with Crippen molar-refractivity contribution in [1.29, 1.82) is 0 Å². The van der Waals surface area contributed by atoms with E-state index < -0.39 is 0 Å². The molecule has 1 rings (SSSR count). The minimum Gasteiger partial charge on any atom is -0.338 e. The number of nitrogens with two attached hydrogens (primary N) is 1. The first-order valence-electron chi connectivity index (χ1n) is 7.53. The van der Waals surface area contributed by atoms with Crippen LogP contribution in [0.1, 0.15) is 59.8 Å². The molecule has 0 aromatic carbocycles. The van der Waals surface area contributed by atoms with Gasteiger partial charge in [-0.15, -0.1) is 0 Å². The minimum atomic E-state index is -0.325. The van der Waals surface area contributed by atoms with Crippen molar-refractivity contribution >= 4 is 5.91 Å². The van der Waals surface area contributed by atoms with Gasteiger partial charge < -0.3 is 10.6 Å². The second-order valence-electron chi connectivity index (χ2n) is 6.23. The fraction of sp³-hybridized carbons (Fsp3) is 0.933. The molecular formula is C15H30N2O. The Morgan fingerprint density at radius 2 is 1.83 bits per heavy atom. The largest absolute Gasteiger partial charge is 0.338 e. The number of carbonyl (C=O) groups excluding carboxylic acids is 1. The number of carbonyl (C=O) groups is 1. The zero-order chi connectivity index (χ0) is 13.7. The molecule has 0 unspecified atom stereocenters. The van der Waals surface area contributed by atoms with Gasteiger partial charge in [-0.05, 0) is 24.7 Å². The van der Waals surface area contributed by atoms with Crippen molar-refractivity contribution in [2.45, 2.75) is 71.9 Å². The Labute approximate surface area is 112 Å². The molecule has 1 saturated carbocycles.